The zero-order chi connectivity index (χ0) is 15.1. The monoisotopic (exact) mass is 295 g/mol. The van der Waals surface area contributed by atoms with Crippen LogP contribution in [0.5, 0.6) is 0 Å². The fraction of sp³-hybridized carbons (Fsp3) is 0.385. The van der Waals surface area contributed by atoms with Crippen molar-refractivity contribution in [1.82, 2.24) is 4.90 Å². The van der Waals surface area contributed by atoms with Gasteiger partial charge in [-0.1, -0.05) is 19.1 Å². The third-order valence-electron chi connectivity index (χ3n) is 2.73. The quantitative estimate of drug-likeness (QED) is 0.473. The first-order chi connectivity index (χ1) is 9.45. The van der Waals surface area contributed by atoms with E-state index in [1.807, 2.05) is 6.92 Å². The summed E-state index contributed by atoms with van der Waals surface area (Å²) in [5, 5.41) is 10.6. The van der Waals surface area contributed by atoms with E-state index in [0.29, 0.717) is 30.1 Å². The second-order valence-electron chi connectivity index (χ2n) is 4.31. The van der Waals surface area contributed by atoms with Gasteiger partial charge in [-0.3, -0.25) is 14.9 Å². The Labute approximate surface area is 122 Å². The summed E-state index contributed by atoms with van der Waals surface area (Å²) in [6.07, 6.45) is 1.28. The summed E-state index contributed by atoms with van der Waals surface area (Å²) in [7, 11) is 0. The highest BCUT2D eigenvalue weighted by molar-refractivity contribution is 7.80. The molecule has 0 radical (unpaired) electrons. The standard InChI is InChI=1S/C13H17N3O3S/c1-2-8-15(9-7-12(14)20)13(17)10-3-5-11(6-4-10)16(18)19/h3-6H,2,7-9H2,1H3,(H2,14,20). The Bertz CT molecular complexity index is 502. The lowest BCUT2D eigenvalue weighted by molar-refractivity contribution is -0.384. The molecule has 0 aromatic heterocycles. The first-order valence-electron chi connectivity index (χ1n) is 6.27. The molecule has 0 aliphatic rings. The molecule has 1 aromatic carbocycles. The van der Waals surface area contributed by atoms with E-state index in [4.69, 9.17) is 18.0 Å². The van der Waals surface area contributed by atoms with E-state index in [9.17, 15) is 14.9 Å². The molecule has 0 fully saturated rings. The van der Waals surface area contributed by atoms with Crippen molar-refractivity contribution >= 4 is 28.8 Å². The number of nitrogens with zero attached hydrogens (tertiary/aromatic N) is 2. The number of carbonyl (C=O) groups is 1. The molecule has 6 nitrogen and oxygen atoms in total. The predicted molar refractivity (Wildman–Crippen MR) is 80.7 cm³/mol. The number of non-ortho nitro benzene ring substituents is 1. The van der Waals surface area contributed by atoms with Gasteiger partial charge in [-0.05, 0) is 18.6 Å². The molecule has 0 bridgehead atoms. The summed E-state index contributed by atoms with van der Waals surface area (Å²) in [6.45, 7) is 3.02. The van der Waals surface area contributed by atoms with E-state index < -0.39 is 4.92 Å². The van der Waals surface area contributed by atoms with Gasteiger partial charge in [-0.2, -0.15) is 0 Å². The summed E-state index contributed by atoms with van der Waals surface area (Å²) in [4.78, 5) is 24.4. The summed E-state index contributed by atoms with van der Waals surface area (Å²) in [6, 6.07) is 5.57. The molecule has 0 saturated heterocycles. The molecule has 1 aromatic rings. The average molecular weight is 295 g/mol. The Hall–Kier alpha value is -2.02. The van der Waals surface area contributed by atoms with Gasteiger partial charge in [0.15, 0.2) is 0 Å². The Morgan fingerprint density at radius 2 is 1.95 bits per heavy atom. The van der Waals surface area contributed by atoms with E-state index in [0.717, 1.165) is 6.42 Å². The number of amides is 1. The van der Waals surface area contributed by atoms with Crippen molar-refractivity contribution in [1.29, 1.82) is 0 Å². The molecule has 0 aliphatic carbocycles. The molecule has 0 aliphatic heterocycles. The van der Waals surface area contributed by atoms with Crippen molar-refractivity contribution in [3.05, 3.63) is 39.9 Å². The molecular formula is C13H17N3O3S. The van der Waals surface area contributed by atoms with Gasteiger partial charge in [0.05, 0.1) is 9.91 Å². The van der Waals surface area contributed by atoms with Crippen LogP contribution in [0.25, 0.3) is 0 Å². The molecule has 1 amide bonds. The number of benzene rings is 1. The summed E-state index contributed by atoms with van der Waals surface area (Å²) in [5.74, 6) is -0.169. The number of carbonyl (C=O) groups excluding carboxylic acids is 1. The third kappa shape index (κ3) is 4.58. The van der Waals surface area contributed by atoms with Crippen molar-refractivity contribution in [3.63, 3.8) is 0 Å². The highest BCUT2D eigenvalue weighted by Gasteiger charge is 2.16. The van der Waals surface area contributed by atoms with Gasteiger partial charge in [0, 0.05) is 37.2 Å². The first kappa shape index (κ1) is 16.0. The Balaban J connectivity index is 2.82. The summed E-state index contributed by atoms with van der Waals surface area (Å²) < 4.78 is 0. The third-order valence-corrected chi connectivity index (χ3v) is 2.94. The van der Waals surface area contributed by atoms with E-state index in [1.165, 1.54) is 24.3 Å². The Kier molecular flexibility index (Phi) is 6.05. The topological polar surface area (TPSA) is 89.5 Å². The van der Waals surface area contributed by atoms with Crippen LogP contribution in [0.3, 0.4) is 0 Å². The number of thiocarbonyl (C=S) groups is 1. The second kappa shape index (κ2) is 7.54. The van der Waals surface area contributed by atoms with Crippen LogP contribution in [0.1, 0.15) is 30.1 Å². The SMILES string of the molecule is CCCN(CCC(N)=S)C(=O)c1ccc([N+](=O)[O-])cc1. The van der Waals surface area contributed by atoms with Crippen molar-refractivity contribution < 1.29 is 9.72 Å². The first-order valence-corrected chi connectivity index (χ1v) is 6.68. The van der Waals surface area contributed by atoms with Crippen LogP contribution >= 0.6 is 12.2 Å². The Morgan fingerprint density at radius 3 is 2.40 bits per heavy atom. The molecular weight excluding hydrogens is 278 g/mol. The van der Waals surface area contributed by atoms with Crippen LogP contribution in [0.4, 0.5) is 5.69 Å². The molecule has 108 valence electrons. The summed E-state index contributed by atoms with van der Waals surface area (Å²) >= 11 is 4.81. The van der Waals surface area contributed by atoms with Crippen molar-refractivity contribution in [3.8, 4) is 0 Å². The van der Waals surface area contributed by atoms with Gasteiger partial charge in [0.2, 0.25) is 0 Å². The molecule has 0 saturated carbocycles. The largest absolute Gasteiger partial charge is 0.393 e. The van der Waals surface area contributed by atoms with E-state index in [-0.39, 0.29) is 11.6 Å². The van der Waals surface area contributed by atoms with Crippen LogP contribution in [0.2, 0.25) is 0 Å². The fourth-order valence-electron chi connectivity index (χ4n) is 1.74. The van der Waals surface area contributed by atoms with Gasteiger partial charge in [-0.25, -0.2) is 0 Å². The minimum atomic E-state index is -0.495. The number of nitro groups is 1. The van der Waals surface area contributed by atoms with Crippen LogP contribution in [-0.2, 0) is 0 Å². The maximum Gasteiger partial charge on any atom is 0.269 e. The predicted octanol–water partition coefficient (Wildman–Crippen LogP) is 2.12. The molecule has 0 spiro atoms. The lowest BCUT2D eigenvalue weighted by Gasteiger charge is -2.21. The van der Waals surface area contributed by atoms with E-state index in [2.05, 4.69) is 0 Å². The van der Waals surface area contributed by atoms with Crippen LogP contribution in [0, 0.1) is 10.1 Å². The van der Waals surface area contributed by atoms with Crippen LogP contribution in [0.15, 0.2) is 24.3 Å². The van der Waals surface area contributed by atoms with E-state index >= 15 is 0 Å². The number of hydrogen-bond acceptors (Lipinski definition) is 4. The smallest absolute Gasteiger partial charge is 0.269 e. The van der Waals surface area contributed by atoms with Gasteiger partial charge < -0.3 is 10.6 Å². The molecule has 20 heavy (non-hydrogen) atoms. The van der Waals surface area contributed by atoms with Crippen molar-refractivity contribution in [2.75, 3.05) is 13.1 Å². The maximum atomic E-state index is 12.3. The highest BCUT2D eigenvalue weighted by Crippen LogP contribution is 2.14. The van der Waals surface area contributed by atoms with Gasteiger partial charge in [-0.15, -0.1) is 0 Å². The minimum Gasteiger partial charge on any atom is -0.393 e. The fourth-order valence-corrected chi connectivity index (χ4v) is 1.83. The molecule has 2 N–H and O–H groups in total. The van der Waals surface area contributed by atoms with Crippen molar-refractivity contribution in [2.24, 2.45) is 5.73 Å². The summed E-state index contributed by atoms with van der Waals surface area (Å²) in [5.41, 5.74) is 5.84. The zero-order valence-corrected chi connectivity index (χ0v) is 12.1. The molecule has 1 rings (SSSR count). The number of nitro benzene ring substituents is 1. The van der Waals surface area contributed by atoms with Gasteiger partial charge >= 0.3 is 0 Å². The van der Waals surface area contributed by atoms with E-state index in [1.54, 1.807) is 4.90 Å². The van der Waals surface area contributed by atoms with Crippen molar-refractivity contribution in [2.45, 2.75) is 19.8 Å². The van der Waals surface area contributed by atoms with Crippen LogP contribution < -0.4 is 5.73 Å². The molecule has 0 unspecified atom stereocenters. The normalized spacial score (nSPS) is 10.1. The number of nitrogens with two attached hydrogens (primary N) is 1. The average Bonchev–Trinajstić information content (AvgIpc) is 2.42. The lowest BCUT2D eigenvalue weighted by atomic mass is 10.1. The molecule has 7 heteroatoms. The van der Waals surface area contributed by atoms with Gasteiger partial charge in [0.1, 0.15) is 0 Å². The maximum absolute atomic E-state index is 12.3. The second-order valence-corrected chi connectivity index (χ2v) is 4.84. The highest BCUT2D eigenvalue weighted by atomic mass is 32.1. The zero-order valence-electron chi connectivity index (χ0n) is 11.2. The molecule has 0 heterocycles. The minimum absolute atomic E-state index is 0.0354. The van der Waals surface area contributed by atoms with Gasteiger partial charge in [0.25, 0.3) is 11.6 Å². The Morgan fingerprint density at radius 1 is 1.35 bits per heavy atom. The van der Waals surface area contributed by atoms with Crippen LogP contribution in [-0.4, -0.2) is 33.8 Å². The number of rotatable bonds is 7. The lowest BCUT2D eigenvalue weighted by Crippen LogP contribution is -2.34. The number of hydrogen-bond donors (Lipinski definition) is 1. The molecule has 0 atom stereocenters.